The van der Waals surface area contributed by atoms with E-state index in [9.17, 15) is 0 Å². The SMILES string of the molecule is CC(C)(C)CC(C)(C)CC(C)(C)OC(C)(C)CC(C)(C)CC(C)(C)C. The highest BCUT2D eigenvalue weighted by atomic mass is 16.5. The Balaban J connectivity index is 5.01. The molecule has 25 heavy (non-hydrogen) atoms. The summed E-state index contributed by atoms with van der Waals surface area (Å²) in [6.45, 7) is 32.7. The standard InChI is InChI=1S/C24H50O/c1-19(2,3)15-21(7,8)17-23(11,12)25-24(13,14)18-22(9,10)16-20(4,5)6/h15-18H2,1-14H3. The summed E-state index contributed by atoms with van der Waals surface area (Å²) in [6.07, 6.45) is 4.59. The van der Waals surface area contributed by atoms with Crippen LogP contribution in [0.5, 0.6) is 0 Å². The largest absolute Gasteiger partial charge is 0.370 e. The molecule has 0 aromatic heterocycles. The molecule has 0 N–H and O–H groups in total. The summed E-state index contributed by atoms with van der Waals surface area (Å²) in [5.74, 6) is 0. The van der Waals surface area contributed by atoms with E-state index in [-0.39, 0.29) is 22.0 Å². The van der Waals surface area contributed by atoms with Crippen molar-refractivity contribution in [1.82, 2.24) is 0 Å². The molecule has 0 spiro atoms. The summed E-state index contributed by atoms with van der Waals surface area (Å²) < 4.78 is 6.73. The van der Waals surface area contributed by atoms with Crippen molar-refractivity contribution in [3.8, 4) is 0 Å². The molecule has 0 fully saturated rings. The topological polar surface area (TPSA) is 9.23 Å². The van der Waals surface area contributed by atoms with Gasteiger partial charge in [0, 0.05) is 0 Å². The molecular weight excluding hydrogens is 304 g/mol. The first-order valence-corrected chi connectivity index (χ1v) is 10.2. The van der Waals surface area contributed by atoms with E-state index in [2.05, 4.69) is 96.9 Å². The van der Waals surface area contributed by atoms with Crippen molar-refractivity contribution >= 4 is 0 Å². The van der Waals surface area contributed by atoms with Crippen molar-refractivity contribution in [2.45, 2.75) is 134 Å². The normalized spacial score (nSPS) is 15.6. The average molecular weight is 355 g/mol. The lowest BCUT2D eigenvalue weighted by molar-refractivity contribution is -0.154. The Labute approximate surface area is 160 Å². The monoisotopic (exact) mass is 354 g/mol. The molecule has 152 valence electrons. The van der Waals surface area contributed by atoms with Crippen LogP contribution in [0.25, 0.3) is 0 Å². The van der Waals surface area contributed by atoms with Gasteiger partial charge in [-0.3, -0.25) is 0 Å². The molecular formula is C24H50O. The number of hydrogen-bond donors (Lipinski definition) is 0. The second kappa shape index (κ2) is 7.53. The second-order valence-corrected chi connectivity index (χ2v) is 13.8. The van der Waals surface area contributed by atoms with Gasteiger partial charge >= 0.3 is 0 Å². The molecule has 0 unspecified atom stereocenters. The van der Waals surface area contributed by atoms with E-state index in [1.807, 2.05) is 0 Å². The third kappa shape index (κ3) is 12.9. The molecule has 0 rings (SSSR count). The molecule has 0 aromatic rings. The zero-order valence-corrected chi connectivity index (χ0v) is 20.2. The van der Waals surface area contributed by atoms with E-state index in [1.165, 1.54) is 12.8 Å². The van der Waals surface area contributed by atoms with Crippen LogP contribution in [-0.4, -0.2) is 11.2 Å². The Kier molecular flexibility index (Phi) is 7.52. The molecule has 0 aromatic carbocycles. The van der Waals surface area contributed by atoms with Crippen LogP contribution in [0.1, 0.15) is 123 Å². The van der Waals surface area contributed by atoms with Gasteiger partial charge in [0.15, 0.2) is 0 Å². The van der Waals surface area contributed by atoms with Gasteiger partial charge in [-0.25, -0.2) is 0 Å². The first-order chi connectivity index (χ1) is 10.5. The molecule has 0 saturated heterocycles. The summed E-state index contributed by atoms with van der Waals surface area (Å²) in [4.78, 5) is 0. The fourth-order valence-electron chi connectivity index (χ4n) is 6.12. The summed E-state index contributed by atoms with van der Waals surface area (Å²) in [7, 11) is 0. The predicted octanol–water partition coefficient (Wildman–Crippen LogP) is 8.27. The van der Waals surface area contributed by atoms with Gasteiger partial charge in [0.2, 0.25) is 0 Å². The van der Waals surface area contributed by atoms with Gasteiger partial charge in [-0.1, -0.05) is 69.2 Å². The molecule has 0 saturated carbocycles. The lowest BCUT2D eigenvalue weighted by Gasteiger charge is -2.45. The van der Waals surface area contributed by atoms with Crippen LogP contribution in [0.4, 0.5) is 0 Å². The van der Waals surface area contributed by atoms with Crippen molar-refractivity contribution in [2.24, 2.45) is 21.7 Å². The molecule has 1 nitrogen and oxygen atoms in total. The maximum Gasteiger partial charge on any atom is 0.0638 e. The Morgan fingerprint density at radius 1 is 0.400 bits per heavy atom. The molecule has 1 heteroatoms. The molecule has 0 bridgehead atoms. The first kappa shape index (κ1) is 25.0. The fraction of sp³-hybridized carbons (Fsp3) is 1.00. The fourth-order valence-corrected chi connectivity index (χ4v) is 6.12. The van der Waals surface area contributed by atoms with Crippen molar-refractivity contribution in [1.29, 1.82) is 0 Å². The van der Waals surface area contributed by atoms with Crippen LogP contribution in [-0.2, 0) is 4.74 Å². The van der Waals surface area contributed by atoms with Crippen LogP contribution >= 0.6 is 0 Å². The summed E-state index contributed by atoms with van der Waals surface area (Å²) in [6, 6.07) is 0. The van der Waals surface area contributed by atoms with E-state index in [4.69, 9.17) is 4.74 Å². The maximum absolute atomic E-state index is 6.73. The van der Waals surface area contributed by atoms with Gasteiger partial charge in [-0.2, -0.15) is 0 Å². The maximum atomic E-state index is 6.73. The third-order valence-electron chi connectivity index (χ3n) is 4.38. The van der Waals surface area contributed by atoms with E-state index in [0.29, 0.717) is 10.8 Å². The summed E-state index contributed by atoms with van der Waals surface area (Å²) in [5.41, 5.74) is 1.03. The van der Waals surface area contributed by atoms with E-state index < -0.39 is 0 Å². The smallest absolute Gasteiger partial charge is 0.0638 e. The molecule has 0 aliphatic heterocycles. The van der Waals surface area contributed by atoms with Gasteiger partial charge in [0.25, 0.3) is 0 Å². The summed E-state index contributed by atoms with van der Waals surface area (Å²) in [5, 5.41) is 0. The molecule has 0 atom stereocenters. The highest BCUT2D eigenvalue weighted by molar-refractivity contribution is 4.89. The predicted molar refractivity (Wildman–Crippen MR) is 114 cm³/mol. The van der Waals surface area contributed by atoms with Gasteiger partial charge in [-0.05, 0) is 75.0 Å². The van der Waals surface area contributed by atoms with Crippen molar-refractivity contribution in [3.05, 3.63) is 0 Å². The Morgan fingerprint density at radius 3 is 0.840 bits per heavy atom. The lowest BCUT2D eigenvalue weighted by atomic mass is 9.70. The van der Waals surface area contributed by atoms with Gasteiger partial charge in [0.05, 0.1) is 11.2 Å². The zero-order valence-electron chi connectivity index (χ0n) is 20.2. The minimum Gasteiger partial charge on any atom is -0.370 e. The van der Waals surface area contributed by atoms with E-state index in [1.54, 1.807) is 0 Å². The Bertz CT molecular complexity index is 370. The van der Waals surface area contributed by atoms with Gasteiger partial charge in [-0.15, -0.1) is 0 Å². The van der Waals surface area contributed by atoms with Crippen molar-refractivity contribution in [3.63, 3.8) is 0 Å². The van der Waals surface area contributed by atoms with Crippen LogP contribution < -0.4 is 0 Å². The lowest BCUT2D eigenvalue weighted by Crippen LogP contribution is -2.43. The first-order valence-electron chi connectivity index (χ1n) is 10.2. The second-order valence-electron chi connectivity index (χ2n) is 13.8. The van der Waals surface area contributed by atoms with E-state index in [0.717, 1.165) is 12.8 Å². The Morgan fingerprint density at radius 2 is 0.640 bits per heavy atom. The highest BCUT2D eigenvalue weighted by Crippen LogP contribution is 2.44. The van der Waals surface area contributed by atoms with Crippen molar-refractivity contribution in [2.75, 3.05) is 0 Å². The van der Waals surface area contributed by atoms with Crippen LogP contribution in [0, 0.1) is 21.7 Å². The van der Waals surface area contributed by atoms with Gasteiger partial charge < -0.3 is 4.74 Å². The minimum atomic E-state index is -0.115. The van der Waals surface area contributed by atoms with Gasteiger partial charge in [0.1, 0.15) is 0 Å². The summed E-state index contributed by atoms with van der Waals surface area (Å²) >= 11 is 0. The van der Waals surface area contributed by atoms with Crippen LogP contribution in [0.15, 0.2) is 0 Å². The molecule has 0 aliphatic rings. The number of rotatable bonds is 8. The van der Waals surface area contributed by atoms with E-state index >= 15 is 0 Å². The number of hydrogen-bond acceptors (Lipinski definition) is 1. The third-order valence-corrected chi connectivity index (χ3v) is 4.38. The number of ether oxygens (including phenoxy) is 1. The molecule has 0 amide bonds. The van der Waals surface area contributed by atoms with Crippen LogP contribution in [0.3, 0.4) is 0 Å². The Hall–Kier alpha value is -0.0400. The molecule has 0 aliphatic carbocycles. The molecule has 0 radical (unpaired) electrons. The molecule has 0 heterocycles. The quantitative estimate of drug-likeness (QED) is 0.426. The van der Waals surface area contributed by atoms with Crippen LogP contribution in [0.2, 0.25) is 0 Å². The average Bonchev–Trinajstić information content (AvgIpc) is 1.97. The highest BCUT2D eigenvalue weighted by Gasteiger charge is 2.39. The van der Waals surface area contributed by atoms with Crippen molar-refractivity contribution < 1.29 is 4.74 Å². The zero-order chi connectivity index (χ0) is 20.5. The minimum absolute atomic E-state index is 0.115.